The molecule has 1 saturated heterocycles. The first-order valence-electron chi connectivity index (χ1n) is 7.70. The van der Waals surface area contributed by atoms with Crippen LogP contribution in [0.3, 0.4) is 0 Å². The van der Waals surface area contributed by atoms with Crippen molar-refractivity contribution in [2.75, 3.05) is 26.8 Å². The van der Waals surface area contributed by atoms with Crippen molar-refractivity contribution in [1.29, 1.82) is 0 Å². The molecule has 1 aromatic rings. The Morgan fingerprint density at radius 2 is 2.05 bits per heavy atom. The Kier molecular flexibility index (Phi) is 6.02. The fourth-order valence-corrected chi connectivity index (χ4v) is 2.87. The van der Waals surface area contributed by atoms with Crippen molar-refractivity contribution in [3.8, 4) is 0 Å². The molecule has 0 aliphatic carbocycles. The number of ether oxygens (including phenoxy) is 1. The molecule has 2 unspecified atom stereocenters. The molecular weight excluding hydrogens is 248 g/mol. The van der Waals surface area contributed by atoms with E-state index in [2.05, 4.69) is 54.4 Å². The molecule has 0 aromatic heterocycles. The molecule has 2 atom stereocenters. The van der Waals surface area contributed by atoms with Gasteiger partial charge in [-0.25, -0.2) is 0 Å². The van der Waals surface area contributed by atoms with Crippen LogP contribution in [-0.2, 0) is 11.3 Å². The molecule has 0 spiro atoms. The first-order chi connectivity index (χ1) is 9.69. The van der Waals surface area contributed by atoms with Gasteiger partial charge in [-0.2, -0.15) is 0 Å². The van der Waals surface area contributed by atoms with E-state index in [0.29, 0.717) is 18.0 Å². The largest absolute Gasteiger partial charge is 0.383 e. The summed E-state index contributed by atoms with van der Waals surface area (Å²) >= 11 is 0. The van der Waals surface area contributed by atoms with Gasteiger partial charge in [0, 0.05) is 38.8 Å². The van der Waals surface area contributed by atoms with Crippen LogP contribution in [0.4, 0.5) is 0 Å². The van der Waals surface area contributed by atoms with Gasteiger partial charge in [-0.05, 0) is 17.9 Å². The fraction of sp³-hybridized carbons (Fsp3) is 0.647. The third-order valence-electron chi connectivity index (χ3n) is 4.12. The first kappa shape index (κ1) is 15.5. The normalized spacial score (nSPS) is 21.5. The van der Waals surface area contributed by atoms with E-state index in [1.165, 1.54) is 18.5 Å². The summed E-state index contributed by atoms with van der Waals surface area (Å²) < 4.78 is 5.32. The maximum Gasteiger partial charge on any atom is 0.0618 e. The lowest BCUT2D eigenvalue weighted by molar-refractivity contribution is 0.140. The van der Waals surface area contributed by atoms with Gasteiger partial charge in [-0.15, -0.1) is 0 Å². The van der Waals surface area contributed by atoms with Crippen LogP contribution in [0.25, 0.3) is 0 Å². The SMILES string of the molecule is COCC(NC1CCN(Cc2ccccc2)C1)C(C)C. The van der Waals surface area contributed by atoms with Crippen molar-refractivity contribution in [2.24, 2.45) is 5.92 Å². The summed E-state index contributed by atoms with van der Waals surface area (Å²) in [5, 5.41) is 3.77. The number of nitrogens with zero attached hydrogens (tertiary/aromatic N) is 1. The highest BCUT2D eigenvalue weighted by molar-refractivity contribution is 5.14. The van der Waals surface area contributed by atoms with E-state index in [1.807, 2.05) is 0 Å². The van der Waals surface area contributed by atoms with Crippen LogP contribution >= 0.6 is 0 Å². The number of likely N-dealkylation sites (tertiary alicyclic amines) is 1. The molecule has 1 fully saturated rings. The molecule has 1 aromatic carbocycles. The smallest absolute Gasteiger partial charge is 0.0618 e. The Bertz CT molecular complexity index is 380. The molecular formula is C17H28N2O. The van der Waals surface area contributed by atoms with Gasteiger partial charge < -0.3 is 10.1 Å². The maximum absolute atomic E-state index is 5.32. The van der Waals surface area contributed by atoms with Crippen molar-refractivity contribution < 1.29 is 4.74 Å². The predicted molar refractivity (Wildman–Crippen MR) is 83.8 cm³/mol. The third-order valence-corrected chi connectivity index (χ3v) is 4.12. The summed E-state index contributed by atoms with van der Waals surface area (Å²) in [5.41, 5.74) is 1.41. The zero-order valence-corrected chi connectivity index (χ0v) is 13.0. The molecule has 112 valence electrons. The molecule has 0 bridgehead atoms. The average molecular weight is 276 g/mol. The van der Waals surface area contributed by atoms with Crippen LogP contribution in [0, 0.1) is 5.92 Å². The maximum atomic E-state index is 5.32. The molecule has 3 heteroatoms. The van der Waals surface area contributed by atoms with Crippen LogP contribution in [0.5, 0.6) is 0 Å². The van der Waals surface area contributed by atoms with E-state index in [-0.39, 0.29) is 0 Å². The van der Waals surface area contributed by atoms with Crippen LogP contribution in [-0.4, -0.2) is 43.8 Å². The van der Waals surface area contributed by atoms with Gasteiger partial charge in [0.1, 0.15) is 0 Å². The van der Waals surface area contributed by atoms with E-state index in [0.717, 1.165) is 19.7 Å². The summed E-state index contributed by atoms with van der Waals surface area (Å²) in [6.45, 7) is 8.70. The Balaban J connectivity index is 1.80. The minimum Gasteiger partial charge on any atom is -0.383 e. The van der Waals surface area contributed by atoms with E-state index in [9.17, 15) is 0 Å². The second kappa shape index (κ2) is 7.77. The van der Waals surface area contributed by atoms with Crippen LogP contribution in [0.1, 0.15) is 25.8 Å². The monoisotopic (exact) mass is 276 g/mol. The average Bonchev–Trinajstić information content (AvgIpc) is 2.86. The second-order valence-corrected chi connectivity index (χ2v) is 6.18. The van der Waals surface area contributed by atoms with Crippen LogP contribution in [0.15, 0.2) is 30.3 Å². The van der Waals surface area contributed by atoms with Crippen LogP contribution in [0.2, 0.25) is 0 Å². The zero-order valence-electron chi connectivity index (χ0n) is 13.0. The van der Waals surface area contributed by atoms with Crippen LogP contribution < -0.4 is 5.32 Å². The third kappa shape index (κ3) is 4.58. The molecule has 1 aliphatic rings. The first-order valence-corrected chi connectivity index (χ1v) is 7.70. The second-order valence-electron chi connectivity index (χ2n) is 6.18. The van der Waals surface area contributed by atoms with E-state index < -0.39 is 0 Å². The molecule has 1 N–H and O–H groups in total. The Morgan fingerprint density at radius 1 is 1.30 bits per heavy atom. The van der Waals surface area contributed by atoms with Gasteiger partial charge in [0.15, 0.2) is 0 Å². The number of benzene rings is 1. The summed E-state index contributed by atoms with van der Waals surface area (Å²) in [4.78, 5) is 2.54. The quantitative estimate of drug-likeness (QED) is 0.828. The topological polar surface area (TPSA) is 24.5 Å². The summed E-state index contributed by atoms with van der Waals surface area (Å²) in [7, 11) is 1.79. The van der Waals surface area contributed by atoms with E-state index in [1.54, 1.807) is 7.11 Å². The number of hydrogen-bond donors (Lipinski definition) is 1. The van der Waals surface area contributed by atoms with Gasteiger partial charge in [0.2, 0.25) is 0 Å². The highest BCUT2D eigenvalue weighted by Gasteiger charge is 2.25. The van der Waals surface area contributed by atoms with Gasteiger partial charge in [0.05, 0.1) is 6.61 Å². The molecule has 0 radical (unpaired) electrons. The number of nitrogens with one attached hydrogen (secondary N) is 1. The fourth-order valence-electron chi connectivity index (χ4n) is 2.87. The minimum absolute atomic E-state index is 0.460. The highest BCUT2D eigenvalue weighted by Crippen LogP contribution is 2.15. The van der Waals surface area contributed by atoms with Gasteiger partial charge >= 0.3 is 0 Å². The van der Waals surface area contributed by atoms with E-state index >= 15 is 0 Å². The molecule has 0 saturated carbocycles. The standard InChI is InChI=1S/C17H28N2O/c1-14(2)17(13-20-3)18-16-9-10-19(12-16)11-15-7-5-4-6-8-15/h4-8,14,16-18H,9-13H2,1-3H3. The zero-order chi connectivity index (χ0) is 14.4. The number of rotatable bonds is 7. The van der Waals surface area contributed by atoms with Crippen molar-refractivity contribution in [2.45, 2.75) is 38.9 Å². The predicted octanol–water partition coefficient (Wildman–Crippen LogP) is 2.52. The lowest BCUT2D eigenvalue weighted by Crippen LogP contribution is -2.45. The minimum atomic E-state index is 0.460. The Morgan fingerprint density at radius 3 is 2.70 bits per heavy atom. The van der Waals surface area contributed by atoms with Crippen molar-refractivity contribution in [3.05, 3.63) is 35.9 Å². The number of hydrogen-bond acceptors (Lipinski definition) is 3. The molecule has 0 amide bonds. The highest BCUT2D eigenvalue weighted by atomic mass is 16.5. The van der Waals surface area contributed by atoms with Gasteiger partial charge in [-0.3, -0.25) is 4.90 Å². The lowest BCUT2D eigenvalue weighted by atomic mass is 10.0. The van der Waals surface area contributed by atoms with Crippen molar-refractivity contribution >= 4 is 0 Å². The number of methoxy groups -OCH3 is 1. The van der Waals surface area contributed by atoms with Crippen molar-refractivity contribution in [1.82, 2.24) is 10.2 Å². The van der Waals surface area contributed by atoms with E-state index in [4.69, 9.17) is 4.74 Å². The molecule has 1 heterocycles. The van der Waals surface area contributed by atoms with Crippen molar-refractivity contribution in [3.63, 3.8) is 0 Å². The molecule has 3 nitrogen and oxygen atoms in total. The van der Waals surface area contributed by atoms with Gasteiger partial charge in [-0.1, -0.05) is 44.2 Å². The summed E-state index contributed by atoms with van der Waals surface area (Å²) in [6, 6.07) is 11.8. The van der Waals surface area contributed by atoms with Gasteiger partial charge in [0.25, 0.3) is 0 Å². The lowest BCUT2D eigenvalue weighted by Gasteiger charge is -2.26. The molecule has 2 rings (SSSR count). The Hall–Kier alpha value is -0.900. The molecule has 1 aliphatic heterocycles. The summed E-state index contributed by atoms with van der Waals surface area (Å²) in [6.07, 6.45) is 1.24. The Labute approximate surface area is 123 Å². The summed E-state index contributed by atoms with van der Waals surface area (Å²) in [5.74, 6) is 0.609. The molecule has 20 heavy (non-hydrogen) atoms.